The Morgan fingerprint density at radius 2 is 1.94 bits per heavy atom. The second-order valence-corrected chi connectivity index (χ2v) is 10.7. The van der Waals surface area contributed by atoms with Crippen molar-refractivity contribution < 1.29 is 23.6 Å². The number of nitrogens with one attached hydrogen (secondary N) is 4. The average molecular weight is 510 g/mol. The monoisotopic (exact) mass is 509 g/mol. The summed E-state index contributed by atoms with van der Waals surface area (Å²) in [5.41, 5.74) is 6.26. The molecule has 9 nitrogen and oxygen atoms in total. The van der Waals surface area contributed by atoms with Crippen molar-refractivity contribution in [3.8, 4) is 5.75 Å². The highest BCUT2D eigenvalue weighted by atomic mass is 35.5. The third kappa shape index (κ3) is 5.27. The summed E-state index contributed by atoms with van der Waals surface area (Å²) >= 11 is 5.68. The van der Waals surface area contributed by atoms with Gasteiger partial charge in [-0.3, -0.25) is 19.9 Å². The standard InChI is InChI=1S/C24H33ClFN5O4/c1-12-16(10-27-31(12)2)22-9-21(30-35-22)24(33)29-20-8-19(13-5-14(20)6-13)28-23(32)11-34-15-3-4-17(25)18(26)7-15/h3-4,7,12-14,16,19-22,27,30H,5-6,8-11H2,1-2H3,(H,28,32)(H,29,33). The molecule has 2 heterocycles. The molecule has 0 spiro atoms. The average Bonchev–Trinajstić information content (AvgIpc) is 3.41. The Morgan fingerprint density at radius 3 is 2.63 bits per heavy atom. The molecule has 2 bridgehead atoms. The fourth-order valence-electron chi connectivity index (χ4n) is 5.84. The molecule has 1 aromatic rings. The maximum absolute atomic E-state index is 13.6. The second kappa shape index (κ2) is 10.2. The predicted molar refractivity (Wildman–Crippen MR) is 127 cm³/mol. The Hall–Kier alpha value is -1.98. The molecule has 2 amide bonds. The molecule has 3 saturated carbocycles. The molecule has 2 aliphatic heterocycles. The van der Waals surface area contributed by atoms with Gasteiger partial charge < -0.3 is 15.4 Å². The van der Waals surface area contributed by atoms with Crippen LogP contribution in [0.5, 0.6) is 5.75 Å². The van der Waals surface area contributed by atoms with Gasteiger partial charge in [-0.15, -0.1) is 0 Å². The zero-order valence-electron chi connectivity index (χ0n) is 19.9. The number of carbonyl (C=O) groups excluding carboxylic acids is 2. The molecular formula is C24H33ClFN5O4. The highest BCUT2D eigenvalue weighted by molar-refractivity contribution is 6.30. The summed E-state index contributed by atoms with van der Waals surface area (Å²) in [5, 5.41) is 8.34. The fourth-order valence-corrected chi connectivity index (χ4v) is 5.96. The zero-order valence-corrected chi connectivity index (χ0v) is 20.7. The predicted octanol–water partition coefficient (Wildman–Crippen LogP) is 1.37. The number of halogens is 2. The Bertz CT molecular complexity index is 964. The van der Waals surface area contributed by atoms with Crippen molar-refractivity contribution in [2.45, 2.75) is 62.9 Å². The lowest BCUT2D eigenvalue weighted by Crippen LogP contribution is -2.61. The first-order chi connectivity index (χ1) is 16.8. The van der Waals surface area contributed by atoms with Gasteiger partial charge in [0.15, 0.2) is 6.61 Å². The van der Waals surface area contributed by atoms with E-state index < -0.39 is 5.82 Å². The van der Waals surface area contributed by atoms with Crippen molar-refractivity contribution >= 4 is 23.4 Å². The molecule has 6 atom stereocenters. The number of hydroxylamine groups is 1. The molecule has 4 N–H and O–H groups in total. The fraction of sp³-hybridized carbons (Fsp3) is 0.667. The first-order valence-corrected chi connectivity index (χ1v) is 12.7. The van der Waals surface area contributed by atoms with Crippen LogP contribution in [0.25, 0.3) is 0 Å². The van der Waals surface area contributed by atoms with E-state index in [1.165, 1.54) is 12.1 Å². The number of hydrogen-bond donors (Lipinski definition) is 4. The van der Waals surface area contributed by atoms with Crippen LogP contribution in [-0.2, 0) is 14.4 Å². The molecule has 0 aromatic heterocycles. The number of fused-ring (bicyclic) bond motifs is 2. The van der Waals surface area contributed by atoms with Crippen LogP contribution in [0.15, 0.2) is 18.2 Å². The van der Waals surface area contributed by atoms with E-state index in [0.717, 1.165) is 25.5 Å². The highest BCUT2D eigenvalue weighted by Gasteiger charge is 2.48. The number of carbonyl (C=O) groups is 2. The van der Waals surface area contributed by atoms with Gasteiger partial charge in [0.05, 0.1) is 11.1 Å². The summed E-state index contributed by atoms with van der Waals surface area (Å²) < 4.78 is 19.0. The molecule has 0 radical (unpaired) electrons. The minimum Gasteiger partial charge on any atom is -0.484 e. The minimum atomic E-state index is -0.592. The van der Waals surface area contributed by atoms with E-state index in [9.17, 15) is 14.0 Å². The summed E-state index contributed by atoms with van der Waals surface area (Å²) in [6.07, 6.45) is 3.27. The Balaban J connectivity index is 1.09. The van der Waals surface area contributed by atoms with Crippen LogP contribution in [0.2, 0.25) is 5.02 Å². The van der Waals surface area contributed by atoms with Crippen LogP contribution in [0.3, 0.4) is 0 Å². The van der Waals surface area contributed by atoms with E-state index in [4.69, 9.17) is 21.2 Å². The third-order valence-electron chi connectivity index (χ3n) is 8.22. The molecule has 5 fully saturated rings. The molecule has 11 heteroatoms. The first-order valence-electron chi connectivity index (χ1n) is 12.3. The van der Waals surface area contributed by atoms with Gasteiger partial charge in [-0.2, -0.15) is 5.48 Å². The van der Waals surface area contributed by atoms with Gasteiger partial charge in [0.1, 0.15) is 17.6 Å². The van der Waals surface area contributed by atoms with E-state index in [0.29, 0.717) is 36.6 Å². The van der Waals surface area contributed by atoms with Crippen LogP contribution < -0.4 is 26.3 Å². The normalized spacial score (nSPS) is 36.5. The lowest BCUT2D eigenvalue weighted by Gasteiger charge is -2.51. The molecule has 6 rings (SSSR count). The van der Waals surface area contributed by atoms with E-state index in [-0.39, 0.29) is 53.4 Å². The van der Waals surface area contributed by atoms with Crippen LogP contribution >= 0.6 is 11.6 Å². The Morgan fingerprint density at radius 1 is 1.20 bits per heavy atom. The summed E-state index contributed by atoms with van der Waals surface area (Å²) in [6, 6.07) is 4.02. The number of amides is 2. The minimum absolute atomic E-state index is 0.00391. The lowest BCUT2D eigenvalue weighted by molar-refractivity contribution is -0.128. The summed E-state index contributed by atoms with van der Waals surface area (Å²) in [7, 11) is 2.02. The van der Waals surface area contributed by atoms with E-state index in [1.807, 2.05) is 7.05 Å². The number of benzene rings is 1. The molecule has 5 aliphatic rings. The first kappa shape index (κ1) is 24.7. The van der Waals surface area contributed by atoms with Crippen molar-refractivity contribution in [2.24, 2.45) is 17.8 Å². The van der Waals surface area contributed by atoms with Crippen molar-refractivity contribution in [2.75, 3.05) is 20.2 Å². The Labute approximate surface area is 209 Å². The number of ether oxygens (including phenoxy) is 1. The SMILES string of the molecule is CC1C(C2CC(C(=O)NC3CC(NC(=O)COc4ccc(Cl)c(F)c4)C4CC3C4)NO2)CNN1C. The number of rotatable bonds is 7. The molecule has 1 aromatic carbocycles. The van der Waals surface area contributed by atoms with Crippen molar-refractivity contribution in [3.05, 3.63) is 29.0 Å². The third-order valence-corrected chi connectivity index (χ3v) is 8.53. The molecule has 6 unspecified atom stereocenters. The molecular weight excluding hydrogens is 477 g/mol. The van der Waals surface area contributed by atoms with E-state index >= 15 is 0 Å². The van der Waals surface area contributed by atoms with Gasteiger partial charge in [-0.25, -0.2) is 9.40 Å². The largest absolute Gasteiger partial charge is 0.484 e. The van der Waals surface area contributed by atoms with Gasteiger partial charge in [0.2, 0.25) is 5.91 Å². The quantitative estimate of drug-likeness (QED) is 0.440. The molecule has 2 saturated heterocycles. The second-order valence-electron chi connectivity index (χ2n) is 10.3. The number of hydrazine groups is 1. The van der Waals surface area contributed by atoms with Crippen LogP contribution in [-0.4, -0.2) is 67.3 Å². The van der Waals surface area contributed by atoms with Crippen molar-refractivity contribution in [1.29, 1.82) is 0 Å². The summed E-state index contributed by atoms with van der Waals surface area (Å²) in [6.45, 7) is 2.78. The lowest BCUT2D eigenvalue weighted by atomic mass is 9.60. The van der Waals surface area contributed by atoms with Gasteiger partial charge >= 0.3 is 0 Å². The highest BCUT2D eigenvalue weighted by Crippen LogP contribution is 2.46. The van der Waals surface area contributed by atoms with Gasteiger partial charge in [-0.05, 0) is 50.2 Å². The Kier molecular flexibility index (Phi) is 7.18. The maximum atomic E-state index is 13.6. The van der Waals surface area contributed by atoms with Gasteiger partial charge in [0, 0.05) is 50.1 Å². The number of nitrogens with zero attached hydrogens (tertiary/aromatic N) is 1. The molecule has 3 aliphatic carbocycles. The van der Waals surface area contributed by atoms with Crippen LogP contribution in [0.4, 0.5) is 4.39 Å². The van der Waals surface area contributed by atoms with Gasteiger partial charge in [0.25, 0.3) is 5.91 Å². The smallest absolute Gasteiger partial charge is 0.258 e. The van der Waals surface area contributed by atoms with Crippen LogP contribution in [0, 0.1) is 23.6 Å². The van der Waals surface area contributed by atoms with Crippen molar-refractivity contribution in [3.63, 3.8) is 0 Å². The summed E-state index contributed by atoms with van der Waals surface area (Å²) in [5.74, 6) is 0.516. The summed E-state index contributed by atoms with van der Waals surface area (Å²) in [4.78, 5) is 31.3. The zero-order chi connectivity index (χ0) is 24.7. The topological polar surface area (TPSA) is 104 Å². The molecule has 192 valence electrons. The van der Waals surface area contributed by atoms with Crippen molar-refractivity contribution in [1.82, 2.24) is 26.5 Å². The van der Waals surface area contributed by atoms with Gasteiger partial charge in [-0.1, -0.05) is 11.6 Å². The number of hydrogen-bond acceptors (Lipinski definition) is 7. The van der Waals surface area contributed by atoms with E-state index in [1.54, 1.807) is 0 Å². The molecule has 35 heavy (non-hydrogen) atoms. The maximum Gasteiger partial charge on any atom is 0.258 e. The van der Waals surface area contributed by atoms with Crippen LogP contribution in [0.1, 0.15) is 32.6 Å². The van der Waals surface area contributed by atoms with E-state index in [2.05, 4.69) is 33.5 Å².